The van der Waals surface area contributed by atoms with Crippen molar-refractivity contribution in [3.63, 3.8) is 0 Å². The van der Waals surface area contributed by atoms with Crippen LogP contribution in [0.2, 0.25) is 0 Å². The van der Waals surface area contributed by atoms with Gasteiger partial charge in [-0.05, 0) is 64.2 Å². The Hall–Kier alpha value is -5.17. The molecule has 6 aromatic carbocycles. The van der Waals surface area contributed by atoms with Crippen molar-refractivity contribution in [2.24, 2.45) is 0 Å². The van der Waals surface area contributed by atoms with Crippen LogP contribution in [-0.2, 0) is 5.41 Å². The second-order valence-electron chi connectivity index (χ2n) is 12.0. The van der Waals surface area contributed by atoms with E-state index >= 15 is 0 Å². The zero-order chi connectivity index (χ0) is 28.9. The van der Waals surface area contributed by atoms with Crippen LogP contribution in [0.25, 0.3) is 74.8 Å². The van der Waals surface area contributed by atoms with Crippen molar-refractivity contribution in [1.29, 1.82) is 0 Å². The lowest BCUT2D eigenvalue weighted by Gasteiger charge is -2.21. The lowest BCUT2D eigenvalue weighted by atomic mass is 9.82. The zero-order valence-electron chi connectivity index (χ0n) is 23.8. The van der Waals surface area contributed by atoms with E-state index in [0.29, 0.717) is 5.69 Å². The number of hydrogen-bond acceptors (Lipinski definition) is 1. The number of hydrogen-bond donors (Lipinski definition) is 0. The summed E-state index contributed by atoms with van der Waals surface area (Å²) in [6, 6.07) is 43.6. The minimum atomic E-state index is -0.0421. The van der Waals surface area contributed by atoms with E-state index in [4.69, 9.17) is 6.57 Å². The highest BCUT2D eigenvalue weighted by Crippen LogP contribution is 2.53. The highest BCUT2D eigenvalue weighted by atomic mass is 32.1. The molecule has 9 rings (SSSR count). The molecule has 3 heteroatoms. The largest absolute Gasteiger partial charge is 0.310 e. The molecule has 0 aliphatic heterocycles. The Bertz CT molecular complexity index is 2450. The lowest BCUT2D eigenvalue weighted by Crippen LogP contribution is -2.14. The van der Waals surface area contributed by atoms with Gasteiger partial charge in [0.25, 0.3) is 0 Å². The third-order valence-corrected chi connectivity index (χ3v) is 10.5. The molecule has 0 unspecified atom stereocenters. The summed E-state index contributed by atoms with van der Waals surface area (Å²) in [5, 5.41) is 4.92. The molecule has 43 heavy (non-hydrogen) atoms. The molecule has 0 fully saturated rings. The molecule has 2 aromatic heterocycles. The van der Waals surface area contributed by atoms with Crippen LogP contribution in [-0.4, -0.2) is 4.57 Å². The molecule has 1 aliphatic rings. The van der Waals surface area contributed by atoms with Crippen molar-refractivity contribution < 1.29 is 0 Å². The molecule has 2 heterocycles. The number of nitrogens with zero attached hydrogens (tertiary/aromatic N) is 2. The molecule has 8 aromatic rings. The van der Waals surface area contributed by atoms with Gasteiger partial charge in [-0.1, -0.05) is 98.8 Å². The molecule has 0 radical (unpaired) electrons. The normalized spacial score (nSPS) is 13.5. The average Bonchev–Trinajstić information content (AvgIpc) is 3.65. The first-order valence-corrected chi connectivity index (χ1v) is 15.5. The van der Waals surface area contributed by atoms with E-state index in [1.807, 2.05) is 23.5 Å². The number of aromatic nitrogens is 1. The van der Waals surface area contributed by atoms with Gasteiger partial charge in [0, 0.05) is 47.6 Å². The van der Waals surface area contributed by atoms with Crippen LogP contribution in [0.3, 0.4) is 0 Å². The van der Waals surface area contributed by atoms with Crippen molar-refractivity contribution in [3.05, 3.63) is 144 Å². The SMILES string of the molecule is [C-]#[N+]c1cccc(-n2c3ccccc3c3ccccc32)c1-c1cccc2sc3cc4c(cc3c12)-c1ccccc1C4(C)C. The number of thiophene rings is 1. The molecule has 0 atom stereocenters. The van der Waals surface area contributed by atoms with Gasteiger partial charge in [0.15, 0.2) is 5.69 Å². The van der Waals surface area contributed by atoms with Gasteiger partial charge >= 0.3 is 0 Å². The summed E-state index contributed by atoms with van der Waals surface area (Å²) in [7, 11) is 0. The third kappa shape index (κ3) is 3.22. The van der Waals surface area contributed by atoms with E-state index in [2.05, 4.69) is 132 Å². The number of para-hydroxylation sites is 2. The van der Waals surface area contributed by atoms with E-state index in [1.165, 1.54) is 53.2 Å². The summed E-state index contributed by atoms with van der Waals surface area (Å²) in [5.41, 5.74) is 11.5. The van der Waals surface area contributed by atoms with Crippen molar-refractivity contribution >= 4 is 59.0 Å². The van der Waals surface area contributed by atoms with Gasteiger partial charge in [0.1, 0.15) is 0 Å². The predicted octanol–water partition coefficient (Wildman–Crippen LogP) is 11.7. The highest BCUT2D eigenvalue weighted by molar-refractivity contribution is 7.26. The Morgan fingerprint density at radius 3 is 2.05 bits per heavy atom. The fourth-order valence-corrected chi connectivity index (χ4v) is 8.65. The second kappa shape index (κ2) is 8.67. The maximum atomic E-state index is 8.26. The fourth-order valence-electron chi connectivity index (χ4n) is 7.49. The molecule has 0 N–H and O–H groups in total. The van der Waals surface area contributed by atoms with Crippen molar-refractivity contribution in [2.75, 3.05) is 0 Å². The van der Waals surface area contributed by atoms with E-state index in [0.717, 1.165) is 27.8 Å². The molecule has 0 saturated heterocycles. The predicted molar refractivity (Wildman–Crippen MR) is 183 cm³/mol. The molecule has 0 saturated carbocycles. The highest BCUT2D eigenvalue weighted by Gasteiger charge is 2.36. The second-order valence-corrected chi connectivity index (χ2v) is 13.1. The summed E-state index contributed by atoms with van der Waals surface area (Å²) in [5.74, 6) is 0. The van der Waals surface area contributed by atoms with Crippen molar-refractivity contribution in [2.45, 2.75) is 19.3 Å². The number of rotatable bonds is 2. The number of benzene rings is 6. The van der Waals surface area contributed by atoms with Crippen molar-refractivity contribution in [3.8, 4) is 27.9 Å². The van der Waals surface area contributed by atoms with Gasteiger partial charge in [0.05, 0.1) is 17.6 Å². The van der Waals surface area contributed by atoms with Crippen LogP contribution < -0.4 is 0 Å². The summed E-state index contributed by atoms with van der Waals surface area (Å²) in [6.45, 7) is 12.9. The molecule has 0 spiro atoms. The summed E-state index contributed by atoms with van der Waals surface area (Å²) < 4.78 is 4.88. The Morgan fingerprint density at radius 2 is 1.28 bits per heavy atom. The third-order valence-electron chi connectivity index (χ3n) is 9.43. The minimum absolute atomic E-state index is 0.0421. The first-order valence-electron chi connectivity index (χ1n) is 14.7. The van der Waals surface area contributed by atoms with E-state index < -0.39 is 0 Å². The Balaban J connectivity index is 1.40. The van der Waals surface area contributed by atoms with Crippen LogP contribution in [0.4, 0.5) is 5.69 Å². The van der Waals surface area contributed by atoms with Gasteiger partial charge in [-0.3, -0.25) is 0 Å². The van der Waals surface area contributed by atoms with Gasteiger partial charge in [-0.15, -0.1) is 11.3 Å². The van der Waals surface area contributed by atoms with Crippen LogP contribution in [0.5, 0.6) is 0 Å². The summed E-state index contributed by atoms with van der Waals surface area (Å²) >= 11 is 1.85. The standard InChI is InChI=1S/C40H26N2S/c1-40(2)30-16-7-4-12-24(30)28-22-29-37(23-31(28)40)43-36-21-10-15-27(38(29)36)39-32(41-3)17-11-20-35(39)42-33-18-8-5-13-25(33)26-14-6-9-19-34(26)42/h4-23H,1-2H3. The molecule has 2 nitrogen and oxygen atoms in total. The van der Waals surface area contributed by atoms with Crippen LogP contribution in [0, 0.1) is 6.57 Å². The summed E-state index contributed by atoms with van der Waals surface area (Å²) in [4.78, 5) is 4.10. The molecule has 0 amide bonds. The van der Waals surface area contributed by atoms with Gasteiger partial charge in [-0.2, -0.15) is 0 Å². The molecule has 202 valence electrons. The van der Waals surface area contributed by atoms with Gasteiger partial charge in [-0.25, -0.2) is 4.85 Å². The Morgan fingerprint density at radius 1 is 0.605 bits per heavy atom. The topological polar surface area (TPSA) is 9.29 Å². The van der Waals surface area contributed by atoms with Gasteiger partial charge < -0.3 is 4.57 Å². The quantitative estimate of drug-likeness (QED) is 0.184. The first kappa shape index (κ1) is 24.4. The maximum Gasteiger partial charge on any atom is 0.197 e. The van der Waals surface area contributed by atoms with E-state index in [9.17, 15) is 0 Å². The van der Waals surface area contributed by atoms with Crippen LogP contribution in [0.15, 0.2) is 121 Å². The molecular formula is C40H26N2S. The Kier molecular flexibility index (Phi) is 4.93. The van der Waals surface area contributed by atoms with Crippen LogP contribution >= 0.6 is 11.3 Å². The lowest BCUT2D eigenvalue weighted by molar-refractivity contribution is 0.661. The first-order chi connectivity index (χ1) is 21.1. The molecular weight excluding hydrogens is 541 g/mol. The van der Waals surface area contributed by atoms with Crippen LogP contribution in [0.1, 0.15) is 25.0 Å². The van der Waals surface area contributed by atoms with Crippen molar-refractivity contribution in [1.82, 2.24) is 4.57 Å². The Labute approximate surface area is 253 Å². The smallest absolute Gasteiger partial charge is 0.197 e. The molecule has 0 bridgehead atoms. The maximum absolute atomic E-state index is 8.26. The number of fused-ring (bicyclic) bond motifs is 9. The van der Waals surface area contributed by atoms with Gasteiger partial charge in [0.2, 0.25) is 0 Å². The monoisotopic (exact) mass is 566 g/mol. The average molecular weight is 567 g/mol. The van der Waals surface area contributed by atoms with E-state index in [-0.39, 0.29) is 5.41 Å². The fraction of sp³-hybridized carbons (Fsp3) is 0.0750. The zero-order valence-corrected chi connectivity index (χ0v) is 24.7. The van der Waals surface area contributed by atoms with E-state index in [1.54, 1.807) is 0 Å². The molecule has 1 aliphatic carbocycles. The summed E-state index contributed by atoms with van der Waals surface area (Å²) in [6.07, 6.45) is 0. The minimum Gasteiger partial charge on any atom is -0.310 e.